The number of benzene rings is 2. The van der Waals surface area contributed by atoms with E-state index in [0.29, 0.717) is 26.1 Å². The molecular weight excluding hydrogens is 386 g/mol. The molecule has 1 heterocycles. The number of nitrogens with one attached hydrogen (secondary N) is 2. The fourth-order valence-electron chi connectivity index (χ4n) is 2.89. The van der Waals surface area contributed by atoms with Crippen molar-refractivity contribution < 1.29 is 23.1 Å². The Balaban J connectivity index is 1.63. The maximum atomic E-state index is 13.6. The second-order valence-corrected chi connectivity index (χ2v) is 8.01. The van der Waals surface area contributed by atoms with E-state index in [1.54, 1.807) is 11.8 Å². The standard InChI is InChI=1S/C20H20F2N2O3S/c21-14-6-7-16(22)17(12-14)24-19(26)18(25)23-13-20(8-10-27-11-9-20)28-15-4-2-1-3-5-15/h1-7,12H,8-11,13H2,(H,23,25)(H,24,26). The van der Waals surface area contributed by atoms with Crippen LogP contribution in [0.15, 0.2) is 53.4 Å². The molecule has 0 atom stereocenters. The molecular formula is C20H20F2N2O3S. The predicted molar refractivity (Wildman–Crippen MR) is 103 cm³/mol. The highest BCUT2D eigenvalue weighted by Gasteiger charge is 2.35. The average molecular weight is 406 g/mol. The fourth-order valence-corrected chi connectivity index (χ4v) is 4.20. The van der Waals surface area contributed by atoms with Gasteiger partial charge < -0.3 is 15.4 Å². The van der Waals surface area contributed by atoms with Gasteiger partial charge in [0.25, 0.3) is 0 Å². The largest absolute Gasteiger partial charge is 0.381 e. The summed E-state index contributed by atoms with van der Waals surface area (Å²) in [4.78, 5) is 25.3. The van der Waals surface area contributed by atoms with Gasteiger partial charge in [0.2, 0.25) is 0 Å². The van der Waals surface area contributed by atoms with Gasteiger partial charge in [-0.2, -0.15) is 0 Å². The van der Waals surface area contributed by atoms with Crippen molar-refractivity contribution in [2.75, 3.05) is 25.1 Å². The van der Waals surface area contributed by atoms with E-state index in [4.69, 9.17) is 4.74 Å². The molecule has 0 spiro atoms. The molecule has 2 N–H and O–H groups in total. The summed E-state index contributed by atoms with van der Waals surface area (Å²) >= 11 is 1.64. The Labute approximate surface area is 165 Å². The molecule has 0 aromatic heterocycles. The number of carbonyl (C=O) groups is 2. The van der Waals surface area contributed by atoms with Gasteiger partial charge in [-0.1, -0.05) is 18.2 Å². The minimum atomic E-state index is -1.04. The first-order valence-corrected chi connectivity index (χ1v) is 9.65. The molecule has 2 aromatic rings. The molecule has 148 valence electrons. The number of amides is 2. The van der Waals surface area contributed by atoms with Gasteiger partial charge in [-0.15, -0.1) is 11.8 Å². The van der Waals surface area contributed by atoms with Crippen LogP contribution < -0.4 is 10.6 Å². The molecule has 2 aromatic carbocycles. The number of halogens is 2. The summed E-state index contributed by atoms with van der Waals surface area (Å²) < 4.78 is 32.0. The van der Waals surface area contributed by atoms with Crippen molar-refractivity contribution >= 4 is 29.3 Å². The van der Waals surface area contributed by atoms with Gasteiger partial charge in [0.15, 0.2) is 0 Å². The molecule has 0 radical (unpaired) electrons. The highest BCUT2D eigenvalue weighted by atomic mass is 32.2. The fraction of sp³-hybridized carbons (Fsp3) is 0.300. The van der Waals surface area contributed by atoms with E-state index in [0.717, 1.165) is 23.1 Å². The molecule has 1 saturated heterocycles. The molecule has 8 heteroatoms. The van der Waals surface area contributed by atoms with Gasteiger partial charge in [0, 0.05) is 35.5 Å². The first-order chi connectivity index (χ1) is 13.5. The molecule has 3 rings (SSSR count). The first kappa shape index (κ1) is 20.3. The summed E-state index contributed by atoms with van der Waals surface area (Å²) in [5.41, 5.74) is -0.375. The Morgan fingerprint density at radius 1 is 1.04 bits per heavy atom. The molecule has 1 aliphatic heterocycles. The van der Waals surface area contributed by atoms with E-state index in [1.165, 1.54) is 0 Å². The lowest BCUT2D eigenvalue weighted by Crippen LogP contribution is -2.47. The van der Waals surface area contributed by atoms with Gasteiger partial charge in [0.05, 0.1) is 5.69 Å². The van der Waals surface area contributed by atoms with E-state index in [9.17, 15) is 18.4 Å². The first-order valence-electron chi connectivity index (χ1n) is 8.83. The maximum Gasteiger partial charge on any atom is 0.313 e. The van der Waals surface area contributed by atoms with Crippen LogP contribution in [0.2, 0.25) is 0 Å². The Morgan fingerprint density at radius 3 is 2.46 bits per heavy atom. The Morgan fingerprint density at radius 2 is 1.75 bits per heavy atom. The summed E-state index contributed by atoms with van der Waals surface area (Å²) in [5.74, 6) is -3.47. The van der Waals surface area contributed by atoms with Crippen LogP contribution in [0.3, 0.4) is 0 Å². The van der Waals surface area contributed by atoms with Gasteiger partial charge in [-0.3, -0.25) is 9.59 Å². The summed E-state index contributed by atoms with van der Waals surface area (Å²) in [6.45, 7) is 1.39. The second-order valence-electron chi connectivity index (χ2n) is 6.47. The number of carbonyl (C=O) groups excluding carboxylic acids is 2. The molecule has 1 aliphatic rings. The van der Waals surface area contributed by atoms with Crippen molar-refractivity contribution in [2.45, 2.75) is 22.5 Å². The zero-order valence-corrected chi connectivity index (χ0v) is 15.9. The molecule has 2 amide bonds. The maximum absolute atomic E-state index is 13.6. The summed E-state index contributed by atoms with van der Waals surface area (Å²) in [6.07, 6.45) is 1.43. The second kappa shape index (κ2) is 9.16. The van der Waals surface area contributed by atoms with E-state index >= 15 is 0 Å². The number of thioether (sulfide) groups is 1. The topological polar surface area (TPSA) is 67.4 Å². The van der Waals surface area contributed by atoms with Crippen LogP contribution in [0, 0.1) is 11.6 Å². The third-order valence-electron chi connectivity index (χ3n) is 4.44. The van der Waals surface area contributed by atoms with Crippen LogP contribution in [0.5, 0.6) is 0 Å². The quantitative estimate of drug-likeness (QED) is 0.748. The van der Waals surface area contributed by atoms with E-state index < -0.39 is 23.4 Å². The molecule has 0 unspecified atom stereocenters. The average Bonchev–Trinajstić information content (AvgIpc) is 2.70. The summed E-state index contributed by atoms with van der Waals surface area (Å²) in [7, 11) is 0. The third kappa shape index (κ3) is 5.30. The van der Waals surface area contributed by atoms with Crippen LogP contribution in [0.25, 0.3) is 0 Å². The van der Waals surface area contributed by atoms with Crippen molar-refractivity contribution in [3.8, 4) is 0 Å². The van der Waals surface area contributed by atoms with E-state index in [2.05, 4.69) is 10.6 Å². The lowest BCUT2D eigenvalue weighted by atomic mass is 9.99. The molecule has 28 heavy (non-hydrogen) atoms. The van der Waals surface area contributed by atoms with E-state index in [-0.39, 0.29) is 17.0 Å². The normalized spacial score (nSPS) is 15.6. The Bertz CT molecular complexity index is 843. The third-order valence-corrected chi connectivity index (χ3v) is 5.93. The predicted octanol–water partition coefficient (Wildman–Crippen LogP) is 3.36. The molecule has 1 fully saturated rings. The van der Waals surface area contributed by atoms with Crippen molar-refractivity contribution in [2.24, 2.45) is 0 Å². The van der Waals surface area contributed by atoms with Gasteiger partial charge in [0.1, 0.15) is 11.6 Å². The Kier molecular flexibility index (Phi) is 6.64. The van der Waals surface area contributed by atoms with Crippen LogP contribution in [0.4, 0.5) is 14.5 Å². The van der Waals surface area contributed by atoms with Crippen molar-refractivity contribution in [3.63, 3.8) is 0 Å². The monoisotopic (exact) mass is 406 g/mol. The lowest BCUT2D eigenvalue weighted by Gasteiger charge is -2.36. The number of rotatable bonds is 5. The SMILES string of the molecule is O=C(NCC1(Sc2ccccc2)CCOCC1)C(=O)Nc1cc(F)ccc1F. The molecule has 0 bridgehead atoms. The lowest BCUT2D eigenvalue weighted by molar-refractivity contribution is -0.136. The van der Waals surface area contributed by atoms with Crippen molar-refractivity contribution in [1.82, 2.24) is 5.32 Å². The van der Waals surface area contributed by atoms with Crippen LogP contribution >= 0.6 is 11.8 Å². The van der Waals surface area contributed by atoms with Crippen molar-refractivity contribution in [1.29, 1.82) is 0 Å². The van der Waals surface area contributed by atoms with Crippen LogP contribution in [-0.4, -0.2) is 36.3 Å². The van der Waals surface area contributed by atoms with Crippen LogP contribution in [-0.2, 0) is 14.3 Å². The number of hydrogen-bond acceptors (Lipinski definition) is 4. The minimum absolute atomic E-state index is 0.258. The van der Waals surface area contributed by atoms with Gasteiger partial charge >= 0.3 is 11.8 Å². The highest BCUT2D eigenvalue weighted by molar-refractivity contribution is 8.00. The Hall–Kier alpha value is -2.45. The number of hydrogen-bond donors (Lipinski definition) is 2. The summed E-state index contributed by atoms with van der Waals surface area (Å²) in [6, 6.07) is 12.4. The minimum Gasteiger partial charge on any atom is -0.381 e. The zero-order valence-electron chi connectivity index (χ0n) is 15.0. The summed E-state index contributed by atoms with van der Waals surface area (Å²) in [5, 5.41) is 4.73. The van der Waals surface area contributed by atoms with E-state index in [1.807, 2.05) is 30.3 Å². The zero-order chi connectivity index (χ0) is 20.0. The van der Waals surface area contributed by atoms with Crippen LogP contribution in [0.1, 0.15) is 12.8 Å². The highest BCUT2D eigenvalue weighted by Crippen LogP contribution is 2.40. The van der Waals surface area contributed by atoms with Crippen molar-refractivity contribution in [3.05, 3.63) is 60.2 Å². The molecule has 0 saturated carbocycles. The van der Waals surface area contributed by atoms with Gasteiger partial charge in [-0.25, -0.2) is 8.78 Å². The molecule has 0 aliphatic carbocycles. The number of ether oxygens (including phenoxy) is 1. The van der Waals surface area contributed by atoms with Gasteiger partial charge in [-0.05, 0) is 37.1 Å². The molecule has 5 nitrogen and oxygen atoms in total. The smallest absolute Gasteiger partial charge is 0.313 e. The number of anilines is 1.